The topological polar surface area (TPSA) is 84.5 Å². The number of halogens is 1. The highest BCUT2D eigenvalue weighted by Gasteiger charge is 2.09. The summed E-state index contributed by atoms with van der Waals surface area (Å²) < 4.78 is 18.6. The summed E-state index contributed by atoms with van der Waals surface area (Å²) in [7, 11) is 0. The zero-order chi connectivity index (χ0) is 22.2. The molecule has 0 spiro atoms. The largest absolute Gasteiger partial charge is 0.427 e. The number of esters is 1. The molecule has 2 amide bonds. The van der Waals surface area contributed by atoms with Gasteiger partial charge in [-0.15, -0.1) is 0 Å². The number of ether oxygens (including phenoxy) is 1. The summed E-state index contributed by atoms with van der Waals surface area (Å²) in [6.07, 6.45) is 0.456. The number of anilines is 2. The molecule has 0 aliphatic rings. The molecule has 31 heavy (non-hydrogen) atoms. The highest BCUT2D eigenvalue weighted by Crippen LogP contribution is 2.18. The van der Waals surface area contributed by atoms with Crippen LogP contribution < -0.4 is 15.4 Å². The van der Waals surface area contributed by atoms with Crippen molar-refractivity contribution in [3.63, 3.8) is 0 Å². The smallest absolute Gasteiger partial charge is 0.308 e. The summed E-state index contributed by atoms with van der Waals surface area (Å²) in [5, 5.41) is 5.49. The standard InChI is InChI=1S/C24H21FN2O4/c1-16(28)31-21-7-4-6-18(15-21)24(30)27-20-12-10-19(11-13-20)26-23(29)14-9-17-5-2-3-8-22(17)25/h2-8,10-13,15H,9,14H2,1H3,(H,26,29)(H,27,30). The molecule has 0 unspecified atom stereocenters. The van der Waals surface area contributed by atoms with Gasteiger partial charge in [-0.2, -0.15) is 0 Å². The number of hydrogen-bond acceptors (Lipinski definition) is 4. The molecule has 0 aliphatic heterocycles. The maximum Gasteiger partial charge on any atom is 0.308 e. The molecule has 3 aromatic rings. The summed E-state index contributed by atoms with van der Waals surface area (Å²) in [6.45, 7) is 1.28. The number of rotatable bonds is 7. The molecule has 0 fully saturated rings. The lowest BCUT2D eigenvalue weighted by Gasteiger charge is -2.09. The van der Waals surface area contributed by atoms with Gasteiger partial charge in [-0.05, 0) is 60.5 Å². The van der Waals surface area contributed by atoms with E-state index >= 15 is 0 Å². The Bertz CT molecular complexity index is 1100. The Kier molecular flexibility index (Phi) is 7.11. The van der Waals surface area contributed by atoms with E-state index in [1.54, 1.807) is 60.7 Å². The Morgan fingerprint density at radius 2 is 1.55 bits per heavy atom. The van der Waals surface area contributed by atoms with Crippen LogP contribution in [0.1, 0.15) is 29.3 Å². The quantitative estimate of drug-likeness (QED) is 0.433. The molecule has 0 saturated heterocycles. The molecule has 3 aromatic carbocycles. The fourth-order valence-electron chi connectivity index (χ4n) is 2.88. The average Bonchev–Trinajstić information content (AvgIpc) is 2.74. The molecule has 6 nitrogen and oxygen atoms in total. The molecule has 7 heteroatoms. The molecule has 0 bridgehead atoms. The fraction of sp³-hybridized carbons (Fsp3) is 0.125. The molecule has 0 atom stereocenters. The Labute approximate surface area is 179 Å². The second-order valence-electron chi connectivity index (χ2n) is 6.79. The zero-order valence-electron chi connectivity index (χ0n) is 16.9. The molecular formula is C24H21FN2O4. The number of hydrogen-bond donors (Lipinski definition) is 2. The molecule has 0 radical (unpaired) electrons. The molecule has 0 aliphatic carbocycles. The number of aryl methyl sites for hydroxylation is 1. The van der Waals surface area contributed by atoms with Crippen molar-refractivity contribution in [1.29, 1.82) is 0 Å². The van der Waals surface area contributed by atoms with Crippen molar-refractivity contribution in [1.82, 2.24) is 0 Å². The summed E-state index contributed by atoms with van der Waals surface area (Å²) in [4.78, 5) is 35.6. The lowest BCUT2D eigenvalue weighted by Crippen LogP contribution is -2.14. The van der Waals surface area contributed by atoms with Crippen LogP contribution in [-0.2, 0) is 16.0 Å². The Balaban J connectivity index is 1.54. The Hall–Kier alpha value is -4.00. The molecule has 3 rings (SSSR count). The first-order chi connectivity index (χ1) is 14.9. The van der Waals surface area contributed by atoms with Crippen LogP contribution in [-0.4, -0.2) is 17.8 Å². The van der Waals surface area contributed by atoms with E-state index in [-0.39, 0.29) is 29.8 Å². The third-order valence-corrected chi connectivity index (χ3v) is 4.36. The Morgan fingerprint density at radius 1 is 0.871 bits per heavy atom. The second-order valence-corrected chi connectivity index (χ2v) is 6.79. The maximum atomic E-state index is 13.6. The first kappa shape index (κ1) is 21.7. The van der Waals surface area contributed by atoms with Crippen LogP contribution in [0.25, 0.3) is 0 Å². The van der Waals surface area contributed by atoms with Crippen LogP contribution >= 0.6 is 0 Å². The normalized spacial score (nSPS) is 10.3. The third-order valence-electron chi connectivity index (χ3n) is 4.36. The minimum absolute atomic E-state index is 0.151. The van der Waals surface area contributed by atoms with Crippen LogP contribution in [0.4, 0.5) is 15.8 Å². The van der Waals surface area contributed by atoms with Gasteiger partial charge in [0.15, 0.2) is 0 Å². The van der Waals surface area contributed by atoms with Crippen LogP contribution in [0.3, 0.4) is 0 Å². The second kappa shape index (κ2) is 10.2. The predicted octanol–water partition coefficient (Wildman–Crippen LogP) is 4.57. The van der Waals surface area contributed by atoms with Gasteiger partial charge in [-0.3, -0.25) is 14.4 Å². The minimum Gasteiger partial charge on any atom is -0.427 e. The van der Waals surface area contributed by atoms with Crippen molar-refractivity contribution in [3.05, 3.63) is 89.7 Å². The van der Waals surface area contributed by atoms with E-state index in [4.69, 9.17) is 4.74 Å². The molecular weight excluding hydrogens is 399 g/mol. The van der Waals surface area contributed by atoms with Crippen molar-refractivity contribution in [3.8, 4) is 5.75 Å². The monoisotopic (exact) mass is 420 g/mol. The summed E-state index contributed by atoms with van der Waals surface area (Å²) in [5.74, 6) is -1.11. The first-order valence-corrected chi connectivity index (χ1v) is 9.64. The lowest BCUT2D eigenvalue weighted by molar-refractivity contribution is -0.131. The van der Waals surface area contributed by atoms with Crippen LogP contribution in [0, 0.1) is 5.82 Å². The van der Waals surface area contributed by atoms with Crippen molar-refractivity contribution in [2.75, 3.05) is 10.6 Å². The van der Waals surface area contributed by atoms with Gasteiger partial charge >= 0.3 is 5.97 Å². The summed E-state index contributed by atoms with van der Waals surface area (Å²) in [5.41, 5.74) is 1.93. The molecule has 0 saturated carbocycles. The maximum absolute atomic E-state index is 13.6. The van der Waals surface area contributed by atoms with Gasteiger partial charge in [0, 0.05) is 30.3 Å². The van der Waals surface area contributed by atoms with Crippen LogP contribution in [0.5, 0.6) is 5.75 Å². The number of nitrogens with one attached hydrogen (secondary N) is 2. The molecule has 0 heterocycles. The van der Waals surface area contributed by atoms with Crippen LogP contribution in [0.15, 0.2) is 72.8 Å². The average molecular weight is 420 g/mol. The molecule has 158 valence electrons. The van der Waals surface area contributed by atoms with E-state index in [2.05, 4.69) is 10.6 Å². The van der Waals surface area contributed by atoms with Gasteiger partial charge in [0.2, 0.25) is 5.91 Å². The van der Waals surface area contributed by atoms with E-state index in [1.165, 1.54) is 19.1 Å². The van der Waals surface area contributed by atoms with Gasteiger partial charge in [0.25, 0.3) is 5.91 Å². The van der Waals surface area contributed by atoms with Crippen molar-refractivity contribution >= 4 is 29.2 Å². The van der Waals surface area contributed by atoms with Crippen molar-refractivity contribution in [2.24, 2.45) is 0 Å². The minimum atomic E-state index is -0.468. The number of carbonyl (C=O) groups is 3. The number of amides is 2. The van der Waals surface area contributed by atoms with Crippen molar-refractivity contribution in [2.45, 2.75) is 19.8 Å². The van der Waals surface area contributed by atoms with Gasteiger partial charge in [0.05, 0.1) is 0 Å². The predicted molar refractivity (Wildman–Crippen MR) is 115 cm³/mol. The lowest BCUT2D eigenvalue weighted by atomic mass is 10.1. The molecule has 2 N–H and O–H groups in total. The molecule has 0 aromatic heterocycles. The highest BCUT2D eigenvalue weighted by atomic mass is 19.1. The fourth-order valence-corrected chi connectivity index (χ4v) is 2.88. The van der Waals surface area contributed by atoms with E-state index in [9.17, 15) is 18.8 Å². The SMILES string of the molecule is CC(=O)Oc1cccc(C(=O)Nc2ccc(NC(=O)CCc3ccccc3F)cc2)c1. The summed E-state index contributed by atoms with van der Waals surface area (Å²) in [6, 6.07) is 19.3. The van der Waals surface area contributed by atoms with Gasteiger partial charge in [-0.1, -0.05) is 24.3 Å². The number of carbonyl (C=O) groups excluding carboxylic acids is 3. The van der Waals surface area contributed by atoms with Gasteiger partial charge in [0.1, 0.15) is 11.6 Å². The zero-order valence-corrected chi connectivity index (χ0v) is 16.9. The Morgan fingerprint density at radius 3 is 2.23 bits per heavy atom. The third kappa shape index (κ3) is 6.50. The first-order valence-electron chi connectivity index (χ1n) is 9.64. The van der Waals surface area contributed by atoms with E-state index in [0.29, 0.717) is 28.9 Å². The highest BCUT2D eigenvalue weighted by molar-refractivity contribution is 6.04. The van der Waals surface area contributed by atoms with Crippen molar-refractivity contribution < 1.29 is 23.5 Å². The van der Waals surface area contributed by atoms with Gasteiger partial charge < -0.3 is 15.4 Å². The summed E-state index contributed by atoms with van der Waals surface area (Å²) >= 11 is 0. The van der Waals surface area contributed by atoms with Gasteiger partial charge in [-0.25, -0.2) is 4.39 Å². The van der Waals surface area contributed by atoms with E-state index in [0.717, 1.165) is 0 Å². The van der Waals surface area contributed by atoms with Crippen LogP contribution in [0.2, 0.25) is 0 Å². The van der Waals surface area contributed by atoms with E-state index < -0.39 is 5.97 Å². The van der Waals surface area contributed by atoms with E-state index in [1.807, 2.05) is 0 Å². The number of benzene rings is 3.